The maximum atomic E-state index is 12.1. The van der Waals surface area contributed by atoms with Crippen LogP contribution in [0.4, 0.5) is 0 Å². The predicted octanol–water partition coefficient (Wildman–Crippen LogP) is 2.19. The fourth-order valence-corrected chi connectivity index (χ4v) is 2.59. The van der Waals surface area contributed by atoms with E-state index in [2.05, 4.69) is 0 Å². The number of Topliss-reactive ketones (excluding diaryl/α,β-unsaturated/α-hetero) is 1. The molecule has 1 aliphatic carbocycles. The molecule has 5 nitrogen and oxygen atoms in total. The molecule has 1 aliphatic rings. The van der Waals surface area contributed by atoms with Crippen LogP contribution in [0, 0.1) is 5.41 Å². The van der Waals surface area contributed by atoms with Crippen molar-refractivity contribution in [1.29, 1.82) is 0 Å². The number of hydrogen-bond donors (Lipinski definition) is 0. The molecule has 0 spiro atoms. The molecule has 0 saturated heterocycles. The van der Waals surface area contributed by atoms with Gasteiger partial charge in [0.05, 0.1) is 13.2 Å². The predicted molar refractivity (Wildman–Crippen MR) is 72.9 cm³/mol. The van der Waals surface area contributed by atoms with Gasteiger partial charge in [0.2, 0.25) is 0 Å². The standard InChI is InChI=1S/C15H22O5/c1-4-19-13(17)9-11(3)10-15(14(18)20-5-2)8-6-7-12(15)16/h9H,4-8,10H2,1-3H3/b11-9+/t15-/m1/s1. The Kier molecular flexibility index (Phi) is 5.92. The SMILES string of the molecule is CCOC(=O)/C=C(\C)C[C@]1(C(=O)OCC)CCCC1=O. The van der Waals surface area contributed by atoms with Crippen LogP contribution in [0.3, 0.4) is 0 Å². The number of allylic oxidation sites excluding steroid dienone is 1. The Balaban J connectivity index is 2.89. The Morgan fingerprint density at radius 1 is 1.25 bits per heavy atom. The van der Waals surface area contributed by atoms with Gasteiger partial charge in [-0.3, -0.25) is 9.59 Å². The van der Waals surface area contributed by atoms with Gasteiger partial charge < -0.3 is 9.47 Å². The van der Waals surface area contributed by atoms with Crippen LogP contribution in [0.2, 0.25) is 0 Å². The van der Waals surface area contributed by atoms with Gasteiger partial charge in [0, 0.05) is 12.5 Å². The largest absolute Gasteiger partial charge is 0.465 e. The van der Waals surface area contributed by atoms with Crippen molar-refractivity contribution in [2.75, 3.05) is 13.2 Å². The Morgan fingerprint density at radius 2 is 1.90 bits per heavy atom. The fraction of sp³-hybridized carbons (Fsp3) is 0.667. The van der Waals surface area contributed by atoms with E-state index in [4.69, 9.17) is 9.47 Å². The van der Waals surface area contributed by atoms with E-state index in [0.717, 1.165) is 0 Å². The molecule has 5 heteroatoms. The highest BCUT2D eigenvalue weighted by atomic mass is 16.5. The second-order valence-corrected chi connectivity index (χ2v) is 5.00. The number of esters is 2. The van der Waals surface area contributed by atoms with Crippen molar-refractivity contribution in [2.24, 2.45) is 5.41 Å². The molecule has 0 unspecified atom stereocenters. The van der Waals surface area contributed by atoms with Gasteiger partial charge in [0.15, 0.2) is 5.78 Å². The first-order chi connectivity index (χ1) is 9.46. The zero-order chi connectivity index (χ0) is 15.2. The van der Waals surface area contributed by atoms with Gasteiger partial charge in [-0.05, 0) is 40.0 Å². The van der Waals surface area contributed by atoms with E-state index in [9.17, 15) is 14.4 Å². The van der Waals surface area contributed by atoms with Crippen molar-refractivity contribution in [2.45, 2.75) is 46.5 Å². The average molecular weight is 282 g/mol. The minimum Gasteiger partial charge on any atom is -0.465 e. The van der Waals surface area contributed by atoms with Gasteiger partial charge in [-0.2, -0.15) is 0 Å². The monoisotopic (exact) mass is 282 g/mol. The lowest BCUT2D eigenvalue weighted by Gasteiger charge is -2.25. The molecule has 0 amide bonds. The minimum atomic E-state index is -1.11. The Labute approximate surface area is 119 Å². The van der Waals surface area contributed by atoms with Crippen molar-refractivity contribution in [3.05, 3.63) is 11.6 Å². The summed E-state index contributed by atoms with van der Waals surface area (Å²) in [5.41, 5.74) is -0.449. The molecule has 1 fully saturated rings. The molecule has 0 aromatic rings. The second-order valence-electron chi connectivity index (χ2n) is 5.00. The van der Waals surface area contributed by atoms with Crippen molar-refractivity contribution in [1.82, 2.24) is 0 Å². The highest BCUT2D eigenvalue weighted by Gasteiger charge is 2.49. The van der Waals surface area contributed by atoms with Crippen LogP contribution in [0.15, 0.2) is 11.6 Å². The highest BCUT2D eigenvalue weighted by Crippen LogP contribution is 2.41. The van der Waals surface area contributed by atoms with E-state index < -0.39 is 17.4 Å². The number of hydrogen-bond acceptors (Lipinski definition) is 5. The van der Waals surface area contributed by atoms with Crippen LogP contribution < -0.4 is 0 Å². The Hall–Kier alpha value is -1.65. The lowest BCUT2D eigenvalue weighted by molar-refractivity contribution is -0.158. The molecule has 1 saturated carbocycles. The molecular formula is C15H22O5. The molecule has 20 heavy (non-hydrogen) atoms. The first-order valence-electron chi connectivity index (χ1n) is 7.00. The molecule has 1 rings (SSSR count). The second kappa shape index (κ2) is 7.22. The van der Waals surface area contributed by atoms with E-state index in [-0.39, 0.29) is 18.8 Å². The van der Waals surface area contributed by atoms with E-state index >= 15 is 0 Å². The van der Waals surface area contributed by atoms with Crippen LogP contribution in [0.1, 0.15) is 46.5 Å². The third kappa shape index (κ3) is 3.68. The molecule has 0 aliphatic heterocycles. The number of rotatable bonds is 6. The van der Waals surface area contributed by atoms with Gasteiger partial charge in [-0.15, -0.1) is 0 Å². The zero-order valence-corrected chi connectivity index (χ0v) is 12.4. The van der Waals surface area contributed by atoms with Crippen LogP contribution in [-0.2, 0) is 23.9 Å². The van der Waals surface area contributed by atoms with Crippen molar-refractivity contribution in [3.8, 4) is 0 Å². The lowest BCUT2D eigenvalue weighted by atomic mass is 9.79. The van der Waals surface area contributed by atoms with Crippen LogP contribution >= 0.6 is 0 Å². The molecule has 112 valence electrons. The molecule has 0 heterocycles. The highest BCUT2D eigenvalue weighted by molar-refractivity contribution is 6.05. The summed E-state index contributed by atoms with van der Waals surface area (Å²) in [6.07, 6.45) is 3.13. The first kappa shape index (κ1) is 16.4. The Bertz CT molecular complexity index is 424. The van der Waals surface area contributed by atoms with Crippen molar-refractivity contribution in [3.63, 3.8) is 0 Å². The summed E-state index contributed by atoms with van der Waals surface area (Å²) in [6.45, 7) is 5.70. The summed E-state index contributed by atoms with van der Waals surface area (Å²) in [6, 6.07) is 0. The fourth-order valence-electron chi connectivity index (χ4n) is 2.59. The summed E-state index contributed by atoms with van der Waals surface area (Å²) >= 11 is 0. The third-order valence-corrected chi connectivity index (χ3v) is 3.44. The minimum absolute atomic E-state index is 0.0902. The summed E-state index contributed by atoms with van der Waals surface area (Å²) < 4.78 is 9.88. The van der Waals surface area contributed by atoms with E-state index in [0.29, 0.717) is 31.4 Å². The lowest BCUT2D eigenvalue weighted by Crippen LogP contribution is -2.37. The summed E-state index contributed by atoms with van der Waals surface area (Å²) in [5, 5.41) is 0. The summed E-state index contributed by atoms with van der Waals surface area (Å²) in [7, 11) is 0. The third-order valence-electron chi connectivity index (χ3n) is 3.44. The van der Waals surface area contributed by atoms with Gasteiger partial charge in [0.25, 0.3) is 0 Å². The quantitative estimate of drug-likeness (QED) is 0.424. The van der Waals surface area contributed by atoms with Crippen molar-refractivity contribution < 1.29 is 23.9 Å². The smallest absolute Gasteiger partial charge is 0.330 e. The topological polar surface area (TPSA) is 69.7 Å². The molecule has 0 aromatic carbocycles. The number of ketones is 1. The number of carbonyl (C=O) groups excluding carboxylic acids is 3. The van der Waals surface area contributed by atoms with Crippen LogP contribution in [0.25, 0.3) is 0 Å². The molecule has 0 bridgehead atoms. The first-order valence-corrected chi connectivity index (χ1v) is 7.00. The molecule has 0 radical (unpaired) electrons. The van der Waals surface area contributed by atoms with E-state index in [1.54, 1.807) is 20.8 Å². The van der Waals surface area contributed by atoms with Crippen LogP contribution in [-0.4, -0.2) is 30.9 Å². The summed E-state index contributed by atoms with van der Waals surface area (Å²) in [5.74, 6) is -1.01. The normalized spacial score (nSPS) is 22.8. The Morgan fingerprint density at radius 3 is 2.40 bits per heavy atom. The average Bonchev–Trinajstić information content (AvgIpc) is 2.72. The maximum absolute atomic E-state index is 12.1. The van der Waals surface area contributed by atoms with Crippen LogP contribution in [0.5, 0.6) is 0 Å². The zero-order valence-electron chi connectivity index (χ0n) is 12.4. The van der Waals surface area contributed by atoms with Gasteiger partial charge >= 0.3 is 11.9 Å². The molecular weight excluding hydrogens is 260 g/mol. The summed E-state index contributed by atoms with van der Waals surface area (Å²) in [4.78, 5) is 35.7. The number of carbonyl (C=O) groups is 3. The maximum Gasteiger partial charge on any atom is 0.330 e. The van der Waals surface area contributed by atoms with Gasteiger partial charge in [-0.25, -0.2) is 4.79 Å². The molecule has 0 aromatic heterocycles. The molecule has 0 N–H and O–H groups in total. The van der Waals surface area contributed by atoms with E-state index in [1.807, 2.05) is 0 Å². The number of ether oxygens (including phenoxy) is 2. The van der Waals surface area contributed by atoms with Gasteiger partial charge in [-0.1, -0.05) is 5.57 Å². The molecule has 1 atom stereocenters. The van der Waals surface area contributed by atoms with Gasteiger partial charge in [0.1, 0.15) is 5.41 Å². The van der Waals surface area contributed by atoms with E-state index in [1.165, 1.54) is 6.08 Å². The van der Waals surface area contributed by atoms with Crippen molar-refractivity contribution >= 4 is 17.7 Å².